The van der Waals surface area contributed by atoms with Gasteiger partial charge in [0.1, 0.15) is 5.75 Å². The molecule has 0 unspecified atom stereocenters. The molecule has 6 heteroatoms. The first-order chi connectivity index (χ1) is 12.0. The fourth-order valence-electron chi connectivity index (χ4n) is 1.94. The largest absolute Gasteiger partial charge is 0.493 e. The lowest BCUT2D eigenvalue weighted by molar-refractivity contribution is -0.119. The van der Waals surface area contributed by atoms with Crippen molar-refractivity contribution in [2.24, 2.45) is 5.92 Å². The molecule has 0 atom stereocenters. The predicted molar refractivity (Wildman–Crippen MR) is 99.8 cm³/mol. The minimum atomic E-state index is -0.572. The van der Waals surface area contributed by atoms with Gasteiger partial charge < -0.3 is 14.8 Å². The number of esters is 1. The van der Waals surface area contributed by atoms with E-state index in [1.54, 1.807) is 36.4 Å². The monoisotopic (exact) mass is 405 g/mol. The van der Waals surface area contributed by atoms with Crippen LogP contribution in [0.25, 0.3) is 0 Å². The lowest BCUT2D eigenvalue weighted by Gasteiger charge is -2.10. The van der Waals surface area contributed by atoms with Gasteiger partial charge in [0.05, 0.1) is 17.9 Å². The number of carbonyl (C=O) groups excluding carboxylic acids is 2. The predicted octanol–water partition coefficient (Wildman–Crippen LogP) is 4.28. The number of anilines is 1. The number of carbonyl (C=O) groups is 2. The highest BCUT2D eigenvalue weighted by Crippen LogP contribution is 2.21. The molecule has 5 nitrogen and oxygen atoms in total. The Balaban J connectivity index is 1.88. The normalized spacial score (nSPS) is 10.4. The molecule has 0 radical (unpaired) electrons. The maximum atomic E-state index is 12.1. The molecule has 0 saturated heterocycles. The summed E-state index contributed by atoms with van der Waals surface area (Å²) in [7, 11) is 0. The zero-order chi connectivity index (χ0) is 18.2. The van der Waals surface area contributed by atoms with E-state index in [0.717, 1.165) is 4.47 Å². The summed E-state index contributed by atoms with van der Waals surface area (Å²) in [5.41, 5.74) is 0.961. The molecule has 0 aromatic heterocycles. The van der Waals surface area contributed by atoms with E-state index in [2.05, 4.69) is 21.2 Å². The average molecular weight is 406 g/mol. The van der Waals surface area contributed by atoms with E-state index in [1.165, 1.54) is 0 Å². The summed E-state index contributed by atoms with van der Waals surface area (Å²) in [5, 5.41) is 2.67. The van der Waals surface area contributed by atoms with Crippen molar-refractivity contribution < 1.29 is 19.1 Å². The van der Waals surface area contributed by atoms with Crippen LogP contribution in [0, 0.1) is 5.92 Å². The molecule has 25 heavy (non-hydrogen) atoms. The van der Waals surface area contributed by atoms with E-state index >= 15 is 0 Å². The van der Waals surface area contributed by atoms with Gasteiger partial charge >= 0.3 is 5.97 Å². The number of hydrogen-bond donors (Lipinski definition) is 1. The molecule has 0 aliphatic heterocycles. The minimum absolute atomic E-state index is 0.343. The van der Waals surface area contributed by atoms with Crippen molar-refractivity contribution in [2.45, 2.75) is 13.8 Å². The quantitative estimate of drug-likeness (QED) is 0.698. The number of halogens is 1. The van der Waals surface area contributed by atoms with Crippen LogP contribution in [-0.4, -0.2) is 25.1 Å². The number of ether oxygens (including phenoxy) is 2. The maximum Gasteiger partial charge on any atom is 0.338 e. The van der Waals surface area contributed by atoms with E-state index in [-0.39, 0.29) is 6.61 Å². The van der Waals surface area contributed by atoms with Gasteiger partial charge in [-0.25, -0.2) is 4.79 Å². The zero-order valence-corrected chi connectivity index (χ0v) is 15.7. The highest BCUT2D eigenvalue weighted by Gasteiger charge is 2.12. The summed E-state index contributed by atoms with van der Waals surface area (Å²) in [6.45, 7) is 4.29. The van der Waals surface area contributed by atoms with Gasteiger partial charge in [0.15, 0.2) is 6.61 Å². The summed E-state index contributed by atoms with van der Waals surface area (Å²) in [6.07, 6.45) is 0. The molecule has 0 spiro atoms. The van der Waals surface area contributed by atoms with Crippen LogP contribution in [-0.2, 0) is 9.53 Å². The van der Waals surface area contributed by atoms with E-state index in [1.807, 2.05) is 26.0 Å². The molecule has 1 N–H and O–H groups in total. The Bertz CT molecular complexity index is 746. The SMILES string of the molecule is CC(C)COc1cccc(C(=O)OCC(=O)Nc2ccccc2Br)c1. The lowest BCUT2D eigenvalue weighted by atomic mass is 10.2. The molecule has 2 aromatic rings. The summed E-state index contributed by atoms with van der Waals surface area (Å²) in [6, 6.07) is 13.9. The molecule has 0 bridgehead atoms. The maximum absolute atomic E-state index is 12.1. The van der Waals surface area contributed by atoms with Crippen LogP contribution in [0.15, 0.2) is 53.0 Å². The van der Waals surface area contributed by atoms with Crippen LogP contribution in [0.3, 0.4) is 0 Å². The fraction of sp³-hybridized carbons (Fsp3) is 0.263. The number of benzene rings is 2. The second-order valence-electron chi connectivity index (χ2n) is 5.84. The molecule has 0 aliphatic rings. The molecule has 1 amide bonds. The summed E-state index contributed by atoms with van der Waals surface area (Å²) in [4.78, 5) is 24.0. The van der Waals surface area contributed by atoms with Gasteiger partial charge in [-0.3, -0.25) is 4.79 Å². The number of nitrogens with one attached hydrogen (secondary N) is 1. The fourth-order valence-corrected chi connectivity index (χ4v) is 2.32. The number of para-hydroxylation sites is 1. The second kappa shape index (κ2) is 9.22. The average Bonchev–Trinajstić information content (AvgIpc) is 2.60. The Morgan fingerprint density at radius 1 is 1.12 bits per heavy atom. The first-order valence-electron chi connectivity index (χ1n) is 7.90. The van der Waals surface area contributed by atoms with Crippen molar-refractivity contribution in [1.82, 2.24) is 0 Å². The van der Waals surface area contributed by atoms with Gasteiger partial charge in [-0.15, -0.1) is 0 Å². The van der Waals surface area contributed by atoms with Gasteiger partial charge in [0.2, 0.25) is 0 Å². The van der Waals surface area contributed by atoms with Gasteiger partial charge in [-0.2, -0.15) is 0 Å². The van der Waals surface area contributed by atoms with E-state index in [4.69, 9.17) is 9.47 Å². The van der Waals surface area contributed by atoms with Crippen LogP contribution in [0.4, 0.5) is 5.69 Å². The van der Waals surface area contributed by atoms with Crippen LogP contribution >= 0.6 is 15.9 Å². The number of rotatable bonds is 7. The third kappa shape index (κ3) is 6.23. The molecular weight excluding hydrogens is 386 g/mol. The lowest BCUT2D eigenvalue weighted by Crippen LogP contribution is -2.21. The zero-order valence-electron chi connectivity index (χ0n) is 14.1. The standard InChI is InChI=1S/C19H20BrNO4/c1-13(2)11-24-15-7-5-6-14(10-15)19(23)25-12-18(22)21-17-9-4-3-8-16(17)20/h3-10,13H,11-12H2,1-2H3,(H,21,22). The third-order valence-electron chi connectivity index (χ3n) is 3.14. The van der Waals surface area contributed by atoms with Gasteiger partial charge in [-0.05, 0) is 52.2 Å². The van der Waals surface area contributed by atoms with E-state index < -0.39 is 11.9 Å². The molecule has 0 saturated carbocycles. The molecular formula is C19H20BrNO4. The van der Waals surface area contributed by atoms with Crippen LogP contribution in [0.1, 0.15) is 24.2 Å². The van der Waals surface area contributed by atoms with Crippen LogP contribution in [0.2, 0.25) is 0 Å². The van der Waals surface area contributed by atoms with Crippen LogP contribution in [0.5, 0.6) is 5.75 Å². The Kier molecular flexibility index (Phi) is 7.01. The van der Waals surface area contributed by atoms with Crippen molar-refractivity contribution in [3.8, 4) is 5.75 Å². The van der Waals surface area contributed by atoms with Crippen molar-refractivity contribution in [2.75, 3.05) is 18.5 Å². The molecule has 0 aliphatic carbocycles. The number of hydrogen-bond acceptors (Lipinski definition) is 4. The van der Waals surface area contributed by atoms with Gasteiger partial charge in [0.25, 0.3) is 5.91 Å². The van der Waals surface area contributed by atoms with Crippen molar-refractivity contribution in [3.05, 3.63) is 58.6 Å². The highest BCUT2D eigenvalue weighted by atomic mass is 79.9. The Morgan fingerprint density at radius 2 is 1.88 bits per heavy atom. The van der Waals surface area contributed by atoms with E-state index in [9.17, 15) is 9.59 Å². The first kappa shape index (κ1) is 19.0. The van der Waals surface area contributed by atoms with Gasteiger partial charge in [-0.1, -0.05) is 32.0 Å². The summed E-state index contributed by atoms with van der Waals surface area (Å²) < 4.78 is 11.4. The van der Waals surface area contributed by atoms with Crippen molar-refractivity contribution in [1.29, 1.82) is 0 Å². The molecule has 0 fully saturated rings. The Hall–Kier alpha value is -2.34. The van der Waals surface area contributed by atoms with Crippen molar-refractivity contribution >= 4 is 33.5 Å². The Morgan fingerprint density at radius 3 is 2.60 bits per heavy atom. The second-order valence-corrected chi connectivity index (χ2v) is 6.69. The smallest absolute Gasteiger partial charge is 0.338 e. The summed E-state index contributed by atoms with van der Waals surface area (Å²) >= 11 is 3.34. The topological polar surface area (TPSA) is 64.6 Å². The highest BCUT2D eigenvalue weighted by molar-refractivity contribution is 9.10. The number of amides is 1. The first-order valence-corrected chi connectivity index (χ1v) is 8.69. The van der Waals surface area contributed by atoms with Crippen molar-refractivity contribution in [3.63, 3.8) is 0 Å². The summed E-state index contributed by atoms with van der Waals surface area (Å²) in [5.74, 6) is 0.00201. The molecule has 2 aromatic carbocycles. The minimum Gasteiger partial charge on any atom is -0.493 e. The molecule has 132 valence electrons. The van der Waals surface area contributed by atoms with E-state index in [0.29, 0.717) is 29.5 Å². The third-order valence-corrected chi connectivity index (χ3v) is 3.83. The Labute approximate surface area is 155 Å². The van der Waals surface area contributed by atoms with Crippen LogP contribution < -0.4 is 10.1 Å². The van der Waals surface area contributed by atoms with Gasteiger partial charge in [0, 0.05) is 4.47 Å². The molecule has 0 heterocycles. The molecule has 2 rings (SSSR count).